The fourth-order valence-corrected chi connectivity index (χ4v) is 1.87. The standard InChI is InChI=1S/C8H9ClIN/c1-5(11)7-4-6(9)2-3-8(7)10/h2-5H,11H2,1H3/t5-/m0/s1. The summed E-state index contributed by atoms with van der Waals surface area (Å²) in [6.45, 7) is 1.95. The van der Waals surface area contributed by atoms with Gasteiger partial charge < -0.3 is 5.73 Å². The van der Waals surface area contributed by atoms with Crippen molar-refractivity contribution in [3.8, 4) is 0 Å². The molecular formula is C8H9ClIN. The van der Waals surface area contributed by atoms with Crippen molar-refractivity contribution in [3.63, 3.8) is 0 Å². The number of hydrogen-bond donors (Lipinski definition) is 1. The van der Waals surface area contributed by atoms with Crippen LogP contribution in [0.4, 0.5) is 0 Å². The summed E-state index contributed by atoms with van der Waals surface area (Å²) in [6, 6.07) is 5.81. The zero-order valence-electron chi connectivity index (χ0n) is 6.14. The molecule has 0 aliphatic carbocycles. The molecule has 1 nitrogen and oxygen atoms in total. The first-order valence-corrected chi connectivity index (χ1v) is 4.77. The van der Waals surface area contributed by atoms with E-state index >= 15 is 0 Å². The number of rotatable bonds is 1. The second kappa shape index (κ2) is 3.74. The lowest BCUT2D eigenvalue weighted by Crippen LogP contribution is -2.06. The van der Waals surface area contributed by atoms with Crippen molar-refractivity contribution in [1.29, 1.82) is 0 Å². The average Bonchev–Trinajstić information content (AvgIpc) is 1.94. The van der Waals surface area contributed by atoms with Gasteiger partial charge in [-0.1, -0.05) is 11.6 Å². The minimum absolute atomic E-state index is 0.0561. The molecule has 1 rings (SSSR count). The van der Waals surface area contributed by atoms with Crippen molar-refractivity contribution < 1.29 is 0 Å². The molecule has 0 unspecified atom stereocenters. The molecule has 0 aromatic heterocycles. The second-order valence-electron chi connectivity index (χ2n) is 2.45. The van der Waals surface area contributed by atoms with E-state index in [9.17, 15) is 0 Å². The van der Waals surface area contributed by atoms with E-state index in [0.717, 1.165) is 10.6 Å². The first-order valence-electron chi connectivity index (χ1n) is 3.32. The number of hydrogen-bond acceptors (Lipinski definition) is 1. The van der Waals surface area contributed by atoms with Crippen molar-refractivity contribution in [2.45, 2.75) is 13.0 Å². The van der Waals surface area contributed by atoms with Gasteiger partial charge in [-0.05, 0) is 53.3 Å². The Kier molecular flexibility index (Phi) is 3.16. The summed E-state index contributed by atoms with van der Waals surface area (Å²) >= 11 is 8.06. The monoisotopic (exact) mass is 281 g/mol. The van der Waals surface area contributed by atoms with E-state index in [-0.39, 0.29) is 6.04 Å². The highest BCUT2D eigenvalue weighted by Gasteiger charge is 2.04. The fourth-order valence-electron chi connectivity index (χ4n) is 0.864. The van der Waals surface area contributed by atoms with Crippen LogP contribution in [0.2, 0.25) is 5.02 Å². The summed E-state index contributed by atoms with van der Waals surface area (Å²) in [7, 11) is 0. The van der Waals surface area contributed by atoms with Crippen molar-refractivity contribution in [2.24, 2.45) is 5.73 Å². The van der Waals surface area contributed by atoms with Gasteiger partial charge in [-0.15, -0.1) is 0 Å². The van der Waals surface area contributed by atoms with Gasteiger partial charge in [0.05, 0.1) is 0 Å². The highest BCUT2D eigenvalue weighted by molar-refractivity contribution is 14.1. The van der Waals surface area contributed by atoms with Crippen LogP contribution in [0, 0.1) is 3.57 Å². The lowest BCUT2D eigenvalue weighted by atomic mass is 10.1. The Bertz CT molecular complexity index is 260. The van der Waals surface area contributed by atoms with Crippen LogP contribution in [0.5, 0.6) is 0 Å². The van der Waals surface area contributed by atoms with Crippen molar-refractivity contribution in [3.05, 3.63) is 32.4 Å². The summed E-state index contributed by atoms with van der Waals surface area (Å²) in [5.41, 5.74) is 6.83. The third kappa shape index (κ3) is 2.32. The molecule has 0 aliphatic rings. The van der Waals surface area contributed by atoms with Crippen LogP contribution in [0.25, 0.3) is 0 Å². The molecule has 0 fully saturated rings. The Morgan fingerprint density at radius 2 is 2.18 bits per heavy atom. The molecule has 0 aliphatic heterocycles. The van der Waals surface area contributed by atoms with E-state index in [1.807, 2.05) is 25.1 Å². The third-order valence-corrected chi connectivity index (χ3v) is 2.67. The van der Waals surface area contributed by atoms with Crippen LogP contribution in [0.1, 0.15) is 18.5 Å². The van der Waals surface area contributed by atoms with Gasteiger partial charge in [-0.2, -0.15) is 0 Å². The number of nitrogens with two attached hydrogens (primary N) is 1. The fraction of sp³-hybridized carbons (Fsp3) is 0.250. The molecule has 1 aromatic carbocycles. The molecule has 0 saturated heterocycles. The van der Waals surface area contributed by atoms with Gasteiger partial charge in [0.2, 0.25) is 0 Å². The predicted molar refractivity (Wildman–Crippen MR) is 56.8 cm³/mol. The maximum absolute atomic E-state index is 5.80. The maximum Gasteiger partial charge on any atom is 0.0410 e. The van der Waals surface area contributed by atoms with E-state index in [1.54, 1.807) is 0 Å². The van der Waals surface area contributed by atoms with E-state index < -0.39 is 0 Å². The Morgan fingerprint density at radius 1 is 1.55 bits per heavy atom. The Hall–Kier alpha value is 0.200. The first-order chi connectivity index (χ1) is 5.11. The molecule has 0 spiro atoms. The Morgan fingerprint density at radius 3 is 2.64 bits per heavy atom. The van der Waals surface area contributed by atoms with E-state index in [2.05, 4.69) is 22.6 Å². The minimum Gasteiger partial charge on any atom is -0.324 e. The van der Waals surface area contributed by atoms with E-state index in [0.29, 0.717) is 0 Å². The van der Waals surface area contributed by atoms with E-state index in [1.165, 1.54) is 3.57 Å². The number of halogens is 2. The zero-order chi connectivity index (χ0) is 8.43. The van der Waals surface area contributed by atoms with Gasteiger partial charge in [0.25, 0.3) is 0 Å². The summed E-state index contributed by atoms with van der Waals surface area (Å²) < 4.78 is 1.17. The molecule has 1 aromatic rings. The maximum atomic E-state index is 5.80. The molecule has 0 radical (unpaired) electrons. The van der Waals surface area contributed by atoms with Gasteiger partial charge in [-0.3, -0.25) is 0 Å². The van der Waals surface area contributed by atoms with Crippen LogP contribution in [-0.2, 0) is 0 Å². The quantitative estimate of drug-likeness (QED) is 0.787. The zero-order valence-corrected chi connectivity index (χ0v) is 9.06. The minimum atomic E-state index is 0.0561. The summed E-state index contributed by atoms with van der Waals surface area (Å²) in [5.74, 6) is 0. The summed E-state index contributed by atoms with van der Waals surface area (Å²) in [5, 5.41) is 0.748. The molecular weight excluding hydrogens is 272 g/mol. The summed E-state index contributed by atoms with van der Waals surface area (Å²) in [4.78, 5) is 0. The van der Waals surface area contributed by atoms with Crippen LogP contribution >= 0.6 is 34.2 Å². The molecule has 3 heteroatoms. The molecule has 11 heavy (non-hydrogen) atoms. The smallest absolute Gasteiger partial charge is 0.0410 e. The molecule has 0 amide bonds. The highest BCUT2D eigenvalue weighted by Crippen LogP contribution is 2.21. The Labute approximate surface area is 85.1 Å². The predicted octanol–water partition coefficient (Wildman–Crippen LogP) is 2.96. The normalized spacial score (nSPS) is 13.1. The molecule has 1 atom stereocenters. The van der Waals surface area contributed by atoms with Crippen molar-refractivity contribution in [2.75, 3.05) is 0 Å². The van der Waals surface area contributed by atoms with E-state index in [4.69, 9.17) is 17.3 Å². The van der Waals surface area contributed by atoms with Gasteiger partial charge in [-0.25, -0.2) is 0 Å². The van der Waals surface area contributed by atoms with Gasteiger partial charge >= 0.3 is 0 Å². The average molecular weight is 282 g/mol. The first kappa shape index (κ1) is 9.29. The van der Waals surface area contributed by atoms with Gasteiger partial charge in [0.15, 0.2) is 0 Å². The molecule has 0 heterocycles. The molecule has 2 N–H and O–H groups in total. The molecule has 0 bridgehead atoms. The second-order valence-corrected chi connectivity index (χ2v) is 4.05. The number of benzene rings is 1. The third-order valence-electron chi connectivity index (χ3n) is 1.45. The van der Waals surface area contributed by atoms with Crippen LogP contribution in [0.15, 0.2) is 18.2 Å². The van der Waals surface area contributed by atoms with Crippen LogP contribution < -0.4 is 5.73 Å². The molecule has 0 saturated carbocycles. The summed E-state index contributed by atoms with van der Waals surface area (Å²) in [6.07, 6.45) is 0. The Balaban J connectivity index is 3.13. The SMILES string of the molecule is C[C@H](N)c1cc(Cl)ccc1I. The van der Waals surface area contributed by atoms with Gasteiger partial charge in [0.1, 0.15) is 0 Å². The lowest BCUT2D eigenvalue weighted by Gasteiger charge is -2.07. The van der Waals surface area contributed by atoms with Crippen molar-refractivity contribution in [1.82, 2.24) is 0 Å². The lowest BCUT2D eigenvalue weighted by molar-refractivity contribution is 0.813. The molecule has 60 valence electrons. The van der Waals surface area contributed by atoms with Gasteiger partial charge in [0, 0.05) is 14.6 Å². The van der Waals surface area contributed by atoms with Crippen LogP contribution in [0.3, 0.4) is 0 Å². The topological polar surface area (TPSA) is 26.0 Å². The highest BCUT2D eigenvalue weighted by atomic mass is 127. The van der Waals surface area contributed by atoms with Crippen LogP contribution in [-0.4, -0.2) is 0 Å². The largest absolute Gasteiger partial charge is 0.324 e. The van der Waals surface area contributed by atoms with Crippen molar-refractivity contribution >= 4 is 34.2 Å².